The third kappa shape index (κ3) is 4.32. The summed E-state index contributed by atoms with van der Waals surface area (Å²) >= 11 is 0. The number of nitrogens with one attached hydrogen (secondary N) is 2. The van der Waals surface area contributed by atoms with Gasteiger partial charge in [0.05, 0.1) is 0 Å². The molecule has 0 fully saturated rings. The Morgan fingerprint density at radius 1 is 1.19 bits per heavy atom. The number of rotatable bonds is 7. The van der Waals surface area contributed by atoms with Gasteiger partial charge in [0, 0.05) is 24.3 Å². The van der Waals surface area contributed by atoms with Gasteiger partial charge in [0.1, 0.15) is 6.54 Å². The van der Waals surface area contributed by atoms with Crippen LogP contribution in [-0.4, -0.2) is 11.1 Å². The largest absolute Gasteiger partial charge is 0.859 e. The van der Waals surface area contributed by atoms with Gasteiger partial charge in [-0.1, -0.05) is 6.07 Å². The molecule has 0 aromatic carbocycles. The van der Waals surface area contributed by atoms with Gasteiger partial charge >= 0.3 is 0 Å². The number of nitrogens with zero attached hydrogens (tertiary/aromatic N) is 2. The van der Waals surface area contributed by atoms with E-state index in [1.54, 1.807) is 29.1 Å². The van der Waals surface area contributed by atoms with Crippen molar-refractivity contribution in [2.45, 2.75) is 20.0 Å². The highest BCUT2D eigenvalue weighted by Crippen LogP contribution is 1.93. The molecule has 21 heavy (non-hydrogen) atoms. The van der Waals surface area contributed by atoms with Gasteiger partial charge in [-0.15, -0.1) is 0 Å². The predicted molar refractivity (Wildman–Crippen MR) is 69.8 cm³/mol. The van der Waals surface area contributed by atoms with Crippen molar-refractivity contribution in [2.75, 3.05) is 0 Å². The van der Waals surface area contributed by atoms with Gasteiger partial charge in [-0.2, -0.15) is 14.6 Å². The summed E-state index contributed by atoms with van der Waals surface area (Å²) in [6.07, 6.45) is 5.24. The first kappa shape index (κ1) is 15.0. The molecule has 0 unspecified atom stereocenters. The zero-order valence-electron chi connectivity index (χ0n) is 11.4. The molecule has 0 amide bonds. The van der Waals surface area contributed by atoms with E-state index in [4.69, 9.17) is 15.4 Å². The van der Waals surface area contributed by atoms with Crippen LogP contribution in [-0.2, 0) is 24.7 Å². The van der Waals surface area contributed by atoms with Gasteiger partial charge in [-0.3, -0.25) is 4.74 Å². The van der Waals surface area contributed by atoms with Crippen molar-refractivity contribution in [3.05, 3.63) is 60.2 Å². The molecule has 2 heterocycles. The maximum atomic E-state index is 10.9. The molecule has 0 aliphatic carbocycles. The molecule has 3 N–H and O–H groups in total. The van der Waals surface area contributed by atoms with E-state index in [1.165, 1.54) is 0 Å². The van der Waals surface area contributed by atoms with Crippen LogP contribution in [0.25, 0.3) is 0 Å². The molecule has 0 atom stereocenters. The fourth-order valence-corrected chi connectivity index (χ4v) is 1.82. The third-order valence-corrected chi connectivity index (χ3v) is 2.92. The molecule has 0 aliphatic rings. The smallest absolute Gasteiger partial charge is 0.258 e. The van der Waals surface area contributed by atoms with Crippen LogP contribution < -0.4 is 19.7 Å². The van der Waals surface area contributed by atoms with Gasteiger partial charge in [0.25, 0.3) is 13.5 Å². The Morgan fingerprint density at radius 3 is 2.62 bits per heavy atom. The minimum Gasteiger partial charge on any atom is -0.859 e. The lowest BCUT2D eigenvalue weighted by Crippen LogP contribution is -2.43. The van der Waals surface area contributed by atoms with Crippen molar-refractivity contribution >= 4 is 5.90 Å². The maximum absolute atomic E-state index is 10.9. The molecular formula is C14H17N4O3+. The van der Waals surface area contributed by atoms with Gasteiger partial charge in [-0.05, 0) is 11.5 Å². The molecule has 2 aromatic rings. The van der Waals surface area contributed by atoms with Crippen LogP contribution in [0.5, 0.6) is 0 Å². The van der Waals surface area contributed by atoms with Crippen molar-refractivity contribution in [1.29, 1.82) is 5.41 Å². The van der Waals surface area contributed by atoms with E-state index >= 15 is 0 Å². The summed E-state index contributed by atoms with van der Waals surface area (Å²) in [4.78, 5) is 0. The highest BCUT2D eigenvalue weighted by Gasteiger charge is 2.10. The predicted octanol–water partition coefficient (Wildman–Crippen LogP) is -0.942. The first-order valence-corrected chi connectivity index (χ1v) is 6.38. The first-order valence-electron chi connectivity index (χ1n) is 6.38. The highest BCUT2D eigenvalue weighted by atomic mass is 16.5. The highest BCUT2D eigenvalue weighted by molar-refractivity contribution is 5.87. The summed E-state index contributed by atoms with van der Waals surface area (Å²) in [5.74, 6) is -0.705. The van der Waals surface area contributed by atoms with Crippen LogP contribution in [0.3, 0.4) is 0 Å². The number of hydroxylamine groups is 1. The Morgan fingerprint density at radius 2 is 1.95 bits per heavy atom. The number of ether oxygens (including phenoxy) is 1. The number of hydrogen-bond donors (Lipinski definition) is 3. The van der Waals surface area contributed by atoms with Crippen LogP contribution in [0.4, 0.5) is 0 Å². The second-order valence-corrected chi connectivity index (χ2v) is 4.39. The summed E-state index contributed by atoms with van der Waals surface area (Å²) in [5, 5.41) is 26.6. The maximum Gasteiger partial charge on any atom is 0.258 e. The lowest BCUT2D eigenvalue weighted by atomic mass is 10.3. The average Bonchev–Trinajstić information content (AvgIpc) is 2.50. The van der Waals surface area contributed by atoms with Crippen molar-refractivity contribution in [3.8, 4) is 0 Å². The molecule has 0 aliphatic heterocycles. The Kier molecular flexibility index (Phi) is 5.33. The SMILES string of the molecule is N=C([O-])c1cc[n+](COC[n+]2ccccc2CNO)cc1. The van der Waals surface area contributed by atoms with Crippen molar-refractivity contribution in [3.63, 3.8) is 0 Å². The molecule has 2 aromatic heterocycles. The average molecular weight is 289 g/mol. The van der Waals surface area contributed by atoms with E-state index < -0.39 is 5.90 Å². The number of aromatic nitrogens is 2. The first-order chi connectivity index (χ1) is 10.2. The van der Waals surface area contributed by atoms with Gasteiger partial charge < -0.3 is 15.7 Å². The Bertz CT molecular complexity index is 601. The molecule has 7 heteroatoms. The Balaban J connectivity index is 1.91. The second-order valence-electron chi connectivity index (χ2n) is 4.39. The topological polar surface area (TPSA) is 96.2 Å². The lowest BCUT2D eigenvalue weighted by Gasteiger charge is -2.05. The molecule has 0 bridgehead atoms. The second kappa shape index (κ2) is 7.44. The van der Waals surface area contributed by atoms with Crippen molar-refractivity contribution < 1.29 is 24.2 Å². The van der Waals surface area contributed by atoms with Crippen molar-refractivity contribution in [2.24, 2.45) is 0 Å². The summed E-state index contributed by atoms with van der Waals surface area (Å²) in [7, 11) is 0. The van der Waals surface area contributed by atoms with Crippen LogP contribution in [0.1, 0.15) is 11.3 Å². The van der Waals surface area contributed by atoms with E-state index in [1.807, 2.05) is 29.0 Å². The quantitative estimate of drug-likeness (QED) is 0.265. The van der Waals surface area contributed by atoms with Gasteiger partial charge in [-0.25, -0.2) is 0 Å². The molecule has 2 rings (SSSR count). The lowest BCUT2D eigenvalue weighted by molar-refractivity contribution is -0.791. The minimum absolute atomic E-state index is 0.320. The summed E-state index contributed by atoms with van der Waals surface area (Å²) in [6, 6.07) is 8.81. The standard InChI is InChI=1S/C14H17N4O3/c15-14(19)12-4-7-17(8-5-12)10-21-11-18-6-2-1-3-13(18)9-16-20/h1-8,16,20H,9-11H2,(H-,15,19)/q+1. The molecule has 0 radical (unpaired) electrons. The molecule has 7 nitrogen and oxygen atoms in total. The fourth-order valence-electron chi connectivity index (χ4n) is 1.82. The van der Waals surface area contributed by atoms with Crippen LogP contribution in [0.15, 0.2) is 48.9 Å². The van der Waals surface area contributed by atoms with E-state index in [2.05, 4.69) is 5.48 Å². The van der Waals surface area contributed by atoms with E-state index in [0.717, 1.165) is 5.69 Å². The third-order valence-electron chi connectivity index (χ3n) is 2.92. The zero-order valence-corrected chi connectivity index (χ0v) is 11.4. The van der Waals surface area contributed by atoms with Crippen LogP contribution in [0.2, 0.25) is 0 Å². The molecule has 0 saturated carbocycles. The minimum atomic E-state index is -0.705. The summed E-state index contributed by atoms with van der Waals surface area (Å²) < 4.78 is 9.21. The van der Waals surface area contributed by atoms with Gasteiger partial charge in [0.15, 0.2) is 24.3 Å². The molecule has 0 saturated heterocycles. The summed E-state index contributed by atoms with van der Waals surface area (Å²) in [6.45, 7) is 0.988. The Labute approximate surface area is 122 Å². The zero-order chi connectivity index (χ0) is 15.1. The van der Waals surface area contributed by atoms with Gasteiger partial charge in [0.2, 0.25) is 0 Å². The monoisotopic (exact) mass is 289 g/mol. The molecule has 0 spiro atoms. The normalized spacial score (nSPS) is 10.5. The van der Waals surface area contributed by atoms with Crippen LogP contribution in [0, 0.1) is 5.41 Å². The van der Waals surface area contributed by atoms with E-state index in [9.17, 15) is 5.11 Å². The Hall–Kier alpha value is -2.35. The molecular weight excluding hydrogens is 272 g/mol. The summed E-state index contributed by atoms with van der Waals surface area (Å²) in [5.41, 5.74) is 3.35. The van der Waals surface area contributed by atoms with Crippen LogP contribution >= 0.6 is 0 Å². The number of pyridine rings is 2. The van der Waals surface area contributed by atoms with E-state index in [0.29, 0.717) is 25.6 Å². The number of hydrogen-bond acceptors (Lipinski definition) is 5. The fraction of sp³-hybridized carbons (Fsp3) is 0.214. The van der Waals surface area contributed by atoms with E-state index in [-0.39, 0.29) is 0 Å². The van der Waals surface area contributed by atoms with Crippen molar-refractivity contribution in [1.82, 2.24) is 5.48 Å². The molecule has 110 valence electrons.